The summed E-state index contributed by atoms with van der Waals surface area (Å²) in [6.45, 7) is 2.03. The van der Waals surface area contributed by atoms with Crippen molar-refractivity contribution >= 4 is 17.2 Å². The van der Waals surface area contributed by atoms with Crippen molar-refractivity contribution in [2.24, 2.45) is 0 Å². The number of esters is 1. The topological polar surface area (TPSA) is 47.6 Å². The molecular formula is C18H18FNO3. The number of rotatable bonds is 6. The molecule has 0 radical (unpaired) electrons. The van der Waals surface area contributed by atoms with Gasteiger partial charge in [0.2, 0.25) is 0 Å². The van der Waals surface area contributed by atoms with E-state index in [2.05, 4.69) is 5.32 Å². The van der Waals surface area contributed by atoms with Crippen molar-refractivity contribution in [3.63, 3.8) is 0 Å². The maximum absolute atomic E-state index is 12.9. The molecule has 1 N–H and O–H groups in total. The lowest BCUT2D eigenvalue weighted by Crippen LogP contribution is -2.08. The molecule has 0 amide bonds. The van der Waals surface area contributed by atoms with Crippen LogP contribution in [0.1, 0.15) is 12.5 Å². The third-order valence-corrected chi connectivity index (χ3v) is 3.12. The molecule has 2 aromatic carbocycles. The van der Waals surface area contributed by atoms with Gasteiger partial charge in [0, 0.05) is 11.9 Å². The molecule has 0 aromatic heterocycles. The second kappa shape index (κ2) is 7.98. The second-order valence-corrected chi connectivity index (χ2v) is 4.66. The number of ether oxygens (including phenoxy) is 2. The van der Waals surface area contributed by atoms with Crippen molar-refractivity contribution in [1.82, 2.24) is 0 Å². The lowest BCUT2D eigenvalue weighted by Gasteiger charge is -2.09. The molecule has 120 valence electrons. The van der Waals surface area contributed by atoms with Gasteiger partial charge in [-0.3, -0.25) is 0 Å². The van der Waals surface area contributed by atoms with Gasteiger partial charge in [-0.05, 0) is 48.9 Å². The Bertz CT molecular complexity index is 678. The summed E-state index contributed by atoms with van der Waals surface area (Å²) in [5, 5.41) is 2.98. The molecule has 0 spiro atoms. The number of methoxy groups -OCH3 is 1. The molecule has 0 aliphatic heterocycles. The SMILES string of the molecule is CCOC(=O)/C(=C\Nc1ccc(F)cc1)c1ccc(OC)cc1. The number of hydrogen-bond acceptors (Lipinski definition) is 4. The Hall–Kier alpha value is -2.82. The number of hydrogen-bond donors (Lipinski definition) is 1. The van der Waals surface area contributed by atoms with Crippen LogP contribution in [-0.4, -0.2) is 19.7 Å². The quantitative estimate of drug-likeness (QED) is 0.650. The Morgan fingerprint density at radius 3 is 2.35 bits per heavy atom. The normalized spacial score (nSPS) is 11.0. The summed E-state index contributed by atoms with van der Waals surface area (Å²) in [6, 6.07) is 12.9. The van der Waals surface area contributed by atoms with E-state index in [1.807, 2.05) is 0 Å². The molecule has 0 unspecified atom stereocenters. The van der Waals surface area contributed by atoms with Crippen LogP contribution < -0.4 is 10.1 Å². The van der Waals surface area contributed by atoms with Gasteiger partial charge in [0.05, 0.1) is 19.3 Å². The van der Waals surface area contributed by atoms with Gasteiger partial charge in [-0.15, -0.1) is 0 Å². The summed E-state index contributed by atoms with van der Waals surface area (Å²) in [4.78, 5) is 12.2. The molecule has 23 heavy (non-hydrogen) atoms. The van der Waals surface area contributed by atoms with Crippen molar-refractivity contribution in [3.05, 3.63) is 66.1 Å². The van der Waals surface area contributed by atoms with Gasteiger partial charge in [0.1, 0.15) is 11.6 Å². The van der Waals surface area contributed by atoms with Crippen LogP contribution in [0.2, 0.25) is 0 Å². The summed E-state index contributed by atoms with van der Waals surface area (Å²) in [5.74, 6) is -0.0592. The average Bonchev–Trinajstić information content (AvgIpc) is 2.57. The van der Waals surface area contributed by atoms with E-state index in [0.29, 0.717) is 22.6 Å². The lowest BCUT2D eigenvalue weighted by atomic mass is 10.1. The van der Waals surface area contributed by atoms with E-state index in [1.165, 1.54) is 12.1 Å². The fraction of sp³-hybridized carbons (Fsp3) is 0.167. The minimum Gasteiger partial charge on any atom is -0.497 e. The van der Waals surface area contributed by atoms with Gasteiger partial charge >= 0.3 is 5.97 Å². The van der Waals surface area contributed by atoms with Crippen molar-refractivity contribution in [1.29, 1.82) is 0 Å². The van der Waals surface area contributed by atoms with E-state index in [-0.39, 0.29) is 12.4 Å². The second-order valence-electron chi connectivity index (χ2n) is 4.66. The van der Waals surface area contributed by atoms with Gasteiger partial charge in [0.25, 0.3) is 0 Å². The first-order chi connectivity index (χ1) is 11.1. The first-order valence-corrected chi connectivity index (χ1v) is 7.18. The summed E-state index contributed by atoms with van der Waals surface area (Å²) in [6.07, 6.45) is 1.55. The van der Waals surface area contributed by atoms with Crippen molar-refractivity contribution < 1.29 is 18.7 Å². The lowest BCUT2D eigenvalue weighted by molar-refractivity contribution is -0.136. The highest BCUT2D eigenvalue weighted by Crippen LogP contribution is 2.20. The average molecular weight is 315 g/mol. The standard InChI is InChI=1S/C18H18FNO3/c1-3-23-18(21)17(13-4-10-16(22-2)11-5-13)12-20-15-8-6-14(19)7-9-15/h4-12,20H,3H2,1-2H3/b17-12-. The Morgan fingerprint density at radius 2 is 1.78 bits per heavy atom. The van der Waals surface area contributed by atoms with Crippen LogP contribution in [0.25, 0.3) is 5.57 Å². The molecule has 0 aliphatic carbocycles. The van der Waals surface area contributed by atoms with Crippen LogP contribution in [0, 0.1) is 5.82 Å². The maximum Gasteiger partial charge on any atom is 0.340 e. The summed E-state index contributed by atoms with van der Waals surface area (Å²) >= 11 is 0. The Kier molecular flexibility index (Phi) is 5.74. The van der Waals surface area contributed by atoms with E-state index < -0.39 is 5.97 Å². The third kappa shape index (κ3) is 4.57. The van der Waals surface area contributed by atoms with E-state index in [1.54, 1.807) is 56.6 Å². The molecule has 0 heterocycles. The first kappa shape index (κ1) is 16.5. The highest BCUT2D eigenvalue weighted by atomic mass is 19.1. The highest BCUT2D eigenvalue weighted by molar-refractivity contribution is 6.16. The van der Waals surface area contributed by atoms with Crippen LogP contribution in [-0.2, 0) is 9.53 Å². The molecule has 0 fully saturated rings. The van der Waals surface area contributed by atoms with Crippen LogP contribution >= 0.6 is 0 Å². The number of anilines is 1. The van der Waals surface area contributed by atoms with E-state index in [0.717, 1.165) is 0 Å². The minimum atomic E-state index is -0.438. The van der Waals surface area contributed by atoms with Crippen molar-refractivity contribution in [2.75, 3.05) is 19.0 Å². The minimum absolute atomic E-state index is 0.281. The smallest absolute Gasteiger partial charge is 0.340 e. The van der Waals surface area contributed by atoms with Crippen molar-refractivity contribution in [3.8, 4) is 5.75 Å². The van der Waals surface area contributed by atoms with Gasteiger partial charge in [-0.1, -0.05) is 12.1 Å². The maximum atomic E-state index is 12.9. The summed E-state index contributed by atoms with van der Waals surface area (Å²) < 4.78 is 23.1. The molecule has 0 atom stereocenters. The zero-order valence-corrected chi connectivity index (χ0v) is 13.0. The summed E-state index contributed by atoms with van der Waals surface area (Å²) in [5.41, 5.74) is 1.74. The van der Waals surface area contributed by atoms with Crippen LogP contribution in [0.5, 0.6) is 5.75 Å². The number of benzene rings is 2. The predicted octanol–water partition coefficient (Wildman–Crippen LogP) is 3.85. The molecule has 0 bridgehead atoms. The zero-order chi connectivity index (χ0) is 16.7. The van der Waals surface area contributed by atoms with Gasteiger partial charge in [-0.2, -0.15) is 0 Å². The first-order valence-electron chi connectivity index (χ1n) is 7.18. The fourth-order valence-electron chi connectivity index (χ4n) is 1.94. The Morgan fingerprint density at radius 1 is 1.13 bits per heavy atom. The van der Waals surface area contributed by atoms with Gasteiger partial charge in [0.15, 0.2) is 0 Å². The van der Waals surface area contributed by atoms with Gasteiger partial charge in [-0.25, -0.2) is 9.18 Å². The molecule has 5 heteroatoms. The number of carbonyl (C=O) groups excluding carboxylic acids is 1. The van der Waals surface area contributed by atoms with Gasteiger partial charge < -0.3 is 14.8 Å². The number of carbonyl (C=O) groups is 1. The molecular weight excluding hydrogens is 297 g/mol. The fourth-order valence-corrected chi connectivity index (χ4v) is 1.94. The van der Waals surface area contributed by atoms with E-state index >= 15 is 0 Å². The molecule has 2 rings (SSSR count). The summed E-state index contributed by atoms with van der Waals surface area (Å²) in [7, 11) is 1.58. The van der Waals surface area contributed by atoms with Crippen molar-refractivity contribution in [2.45, 2.75) is 6.92 Å². The molecule has 4 nitrogen and oxygen atoms in total. The van der Waals surface area contributed by atoms with E-state index in [9.17, 15) is 9.18 Å². The highest BCUT2D eigenvalue weighted by Gasteiger charge is 2.13. The van der Waals surface area contributed by atoms with Crippen LogP contribution in [0.4, 0.5) is 10.1 Å². The Labute approximate surface area is 134 Å². The molecule has 0 aliphatic rings. The molecule has 0 saturated heterocycles. The zero-order valence-electron chi connectivity index (χ0n) is 13.0. The predicted molar refractivity (Wildman–Crippen MR) is 87.6 cm³/mol. The largest absolute Gasteiger partial charge is 0.497 e. The number of nitrogens with one attached hydrogen (secondary N) is 1. The number of halogens is 1. The Balaban J connectivity index is 2.26. The van der Waals surface area contributed by atoms with Crippen LogP contribution in [0.3, 0.4) is 0 Å². The monoisotopic (exact) mass is 315 g/mol. The molecule has 2 aromatic rings. The third-order valence-electron chi connectivity index (χ3n) is 3.12. The van der Waals surface area contributed by atoms with Crippen LogP contribution in [0.15, 0.2) is 54.7 Å². The van der Waals surface area contributed by atoms with E-state index in [4.69, 9.17) is 9.47 Å². The molecule has 0 saturated carbocycles.